The number of hydrogen-bond donors (Lipinski definition) is 1. The molecule has 0 unspecified atom stereocenters. The van der Waals surface area contributed by atoms with Crippen molar-refractivity contribution in [2.45, 2.75) is 59.4 Å². The van der Waals surface area contributed by atoms with Gasteiger partial charge in [0.05, 0.1) is 6.20 Å². The van der Waals surface area contributed by atoms with Gasteiger partial charge in [0.25, 0.3) is 5.91 Å². The van der Waals surface area contributed by atoms with E-state index in [0.717, 1.165) is 42.9 Å². The summed E-state index contributed by atoms with van der Waals surface area (Å²) in [6.45, 7) is 8.86. The highest BCUT2D eigenvalue weighted by molar-refractivity contribution is 5.92. The van der Waals surface area contributed by atoms with Crippen molar-refractivity contribution in [2.75, 3.05) is 0 Å². The quantitative estimate of drug-likeness (QED) is 0.921. The highest BCUT2D eigenvalue weighted by atomic mass is 16.5. The van der Waals surface area contributed by atoms with Gasteiger partial charge in [-0.3, -0.25) is 9.48 Å². The third-order valence-corrected chi connectivity index (χ3v) is 5.53. The van der Waals surface area contributed by atoms with Crippen molar-refractivity contribution in [3.8, 4) is 11.3 Å². The lowest BCUT2D eigenvalue weighted by Gasteiger charge is -2.37. The van der Waals surface area contributed by atoms with Gasteiger partial charge in [-0.25, -0.2) is 0 Å². The summed E-state index contributed by atoms with van der Waals surface area (Å²) in [5.41, 5.74) is 2.86. The third kappa shape index (κ3) is 3.78. The van der Waals surface area contributed by atoms with Gasteiger partial charge in [0.15, 0.2) is 0 Å². The van der Waals surface area contributed by atoms with Gasteiger partial charge in [0.2, 0.25) is 5.76 Å². The van der Waals surface area contributed by atoms with Crippen LogP contribution in [0, 0.1) is 18.3 Å². The zero-order valence-corrected chi connectivity index (χ0v) is 15.8. The van der Waals surface area contributed by atoms with Gasteiger partial charge >= 0.3 is 0 Å². The predicted octanol–water partition coefficient (Wildman–Crippen LogP) is 3.72. The van der Waals surface area contributed by atoms with Crippen LogP contribution in [0.1, 0.15) is 62.7 Å². The van der Waals surface area contributed by atoms with Crippen LogP contribution in [0.3, 0.4) is 0 Å². The Morgan fingerprint density at radius 1 is 1.28 bits per heavy atom. The molecule has 1 aliphatic carbocycles. The van der Waals surface area contributed by atoms with Crippen molar-refractivity contribution in [3.05, 3.63) is 23.7 Å². The Bertz CT molecular complexity index is 746. The molecule has 0 aromatic carbocycles. The summed E-state index contributed by atoms with van der Waals surface area (Å²) < 4.78 is 7.04. The fourth-order valence-corrected chi connectivity index (χ4v) is 3.62. The van der Waals surface area contributed by atoms with Crippen LogP contribution in [-0.4, -0.2) is 26.9 Å². The first-order valence-electron chi connectivity index (χ1n) is 9.02. The Kier molecular flexibility index (Phi) is 4.71. The van der Waals surface area contributed by atoms with Crippen LogP contribution in [-0.2, 0) is 7.05 Å². The number of carbonyl (C=O) groups is 1. The molecule has 0 spiro atoms. The third-order valence-electron chi connectivity index (χ3n) is 5.53. The van der Waals surface area contributed by atoms with E-state index in [1.54, 1.807) is 16.9 Å². The van der Waals surface area contributed by atoms with Gasteiger partial charge in [0, 0.05) is 30.4 Å². The van der Waals surface area contributed by atoms with Gasteiger partial charge in [-0.15, -0.1) is 0 Å². The topological polar surface area (TPSA) is 73.0 Å². The maximum Gasteiger partial charge on any atom is 0.290 e. The van der Waals surface area contributed by atoms with Crippen molar-refractivity contribution < 1.29 is 9.32 Å². The minimum absolute atomic E-state index is 0.181. The van der Waals surface area contributed by atoms with Gasteiger partial charge in [-0.05, 0) is 43.9 Å². The lowest BCUT2D eigenvalue weighted by molar-refractivity contribution is 0.0867. The van der Waals surface area contributed by atoms with Gasteiger partial charge in [-0.2, -0.15) is 5.10 Å². The van der Waals surface area contributed by atoms with Crippen LogP contribution in [0.4, 0.5) is 0 Å². The highest BCUT2D eigenvalue weighted by Gasteiger charge is 2.30. The summed E-state index contributed by atoms with van der Waals surface area (Å²) in [6.07, 6.45) is 6.10. The largest absolute Gasteiger partial charge is 0.350 e. The van der Waals surface area contributed by atoms with Crippen molar-refractivity contribution in [2.24, 2.45) is 18.4 Å². The summed E-state index contributed by atoms with van der Waals surface area (Å²) in [6, 6.07) is 1.92. The Morgan fingerprint density at radius 3 is 2.52 bits per heavy atom. The maximum absolute atomic E-state index is 12.5. The molecule has 1 aliphatic rings. The molecule has 0 radical (unpaired) electrons. The molecule has 0 saturated heterocycles. The molecular formula is C19H28N4O2. The van der Waals surface area contributed by atoms with Crippen LogP contribution in [0.5, 0.6) is 0 Å². The number of carbonyl (C=O) groups excluding carboxylic acids is 1. The molecule has 2 aromatic heterocycles. The Hall–Kier alpha value is -2.11. The number of hydrogen-bond acceptors (Lipinski definition) is 4. The van der Waals surface area contributed by atoms with Gasteiger partial charge < -0.3 is 9.84 Å². The summed E-state index contributed by atoms with van der Waals surface area (Å²) in [7, 11) is 1.88. The first-order valence-corrected chi connectivity index (χ1v) is 9.02. The van der Waals surface area contributed by atoms with Crippen molar-refractivity contribution in [3.63, 3.8) is 0 Å². The average Bonchev–Trinajstić information content (AvgIpc) is 3.15. The van der Waals surface area contributed by atoms with E-state index < -0.39 is 0 Å². The summed E-state index contributed by atoms with van der Waals surface area (Å²) in [5.74, 6) is 0.807. The van der Waals surface area contributed by atoms with Crippen molar-refractivity contribution in [1.82, 2.24) is 20.3 Å². The van der Waals surface area contributed by atoms with Crippen molar-refractivity contribution in [1.29, 1.82) is 0 Å². The molecule has 1 amide bonds. The fourth-order valence-electron chi connectivity index (χ4n) is 3.62. The first-order chi connectivity index (χ1) is 11.8. The number of nitrogens with zero attached hydrogens (tertiary/aromatic N) is 3. The molecule has 0 aliphatic heterocycles. The first kappa shape index (κ1) is 17.7. The molecule has 1 N–H and O–H groups in total. The SMILES string of the molecule is Cc1c(-c2cc(C(=O)NC3CCC(C(C)(C)C)CC3)on2)cnn1C. The molecule has 1 fully saturated rings. The van der Waals surface area contributed by atoms with E-state index in [1.165, 1.54) is 0 Å². The number of nitrogens with one attached hydrogen (secondary N) is 1. The van der Waals surface area contributed by atoms with Crippen LogP contribution in [0.2, 0.25) is 0 Å². The molecular weight excluding hydrogens is 316 g/mol. The summed E-state index contributed by atoms with van der Waals surface area (Å²) >= 11 is 0. The molecule has 6 heteroatoms. The maximum atomic E-state index is 12.5. The zero-order chi connectivity index (χ0) is 18.2. The smallest absolute Gasteiger partial charge is 0.290 e. The Morgan fingerprint density at radius 2 is 1.96 bits per heavy atom. The molecule has 3 rings (SSSR count). The monoisotopic (exact) mass is 344 g/mol. The van der Waals surface area contributed by atoms with E-state index >= 15 is 0 Å². The average molecular weight is 344 g/mol. The molecule has 136 valence electrons. The fraction of sp³-hybridized carbons (Fsp3) is 0.632. The van der Waals surface area contributed by atoms with Crippen LogP contribution >= 0.6 is 0 Å². The molecule has 0 atom stereocenters. The lowest BCUT2D eigenvalue weighted by Crippen LogP contribution is -2.39. The predicted molar refractivity (Wildman–Crippen MR) is 96.1 cm³/mol. The number of rotatable bonds is 3. The molecule has 2 aromatic rings. The Labute approximate surface area is 149 Å². The molecule has 25 heavy (non-hydrogen) atoms. The van der Waals surface area contributed by atoms with E-state index in [-0.39, 0.29) is 17.7 Å². The second kappa shape index (κ2) is 6.65. The molecule has 6 nitrogen and oxygen atoms in total. The van der Waals surface area contributed by atoms with Crippen LogP contribution in [0.25, 0.3) is 11.3 Å². The second-order valence-electron chi connectivity index (χ2n) is 8.23. The minimum atomic E-state index is -0.181. The van der Waals surface area contributed by atoms with E-state index in [9.17, 15) is 4.79 Å². The van der Waals surface area contributed by atoms with Crippen molar-refractivity contribution >= 4 is 5.91 Å². The standard InChI is InChI=1S/C19H28N4O2/c1-12-15(11-20-23(12)5)16-10-17(25-22-16)18(24)21-14-8-6-13(7-9-14)19(2,3)4/h10-11,13-14H,6-9H2,1-5H3,(H,21,24). The normalized spacial score (nSPS) is 21.3. The molecule has 0 bridgehead atoms. The summed E-state index contributed by atoms with van der Waals surface area (Å²) in [4.78, 5) is 12.5. The minimum Gasteiger partial charge on any atom is -0.350 e. The Balaban J connectivity index is 1.61. The van der Waals surface area contributed by atoms with E-state index in [0.29, 0.717) is 11.1 Å². The number of amides is 1. The number of aryl methyl sites for hydroxylation is 1. The van der Waals surface area contributed by atoms with E-state index in [4.69, 9.17) is 4.52 Å². The number of aromatic nitrogens is 3. The van der Waals surface area contributed by atoms with Crippen LogP contribution in [0.15, 0.2) is 16.8 Å². The van der Waals surface area contributed by atoms with Gasteiger partial charge in [-0.1, -0.05) is 25.9 Å². The molecule has 1 saturated carbocycles. The lowest BCUT2D eigenvalue weighted by atomic mass is 9.71. The summed E-state index contributed by atoms with van der Waals surface area (Å²) in [5, 5.41) is 11.3. The van der Waals surface area contributed by atoms with E-state index in [1.807, 2.05) is 14.0 Å². The molecule has 2 heterocycles. The highest BCUT2D eigenvalue weighted by Crippen LogP contribution is 2.37. The zero-order valence-electron chi connectivity index (χ0n) is 15.8. The van der Waals surface area contributed by atoms with E-state index in [2.05, 4.69) is 36.3 Å². The van der Waals surface area contributed by atoms with Gasteiger partial charge in [0.1, 0.15) is 5.69 Å². The van der Waals surface area contributed by atoms with Crippen LogP contribution < -0.4 is 5.32 Å². The second-order valence-corrected chi connectivity index (χ2v) is 8.23.